The summed E-state index contributed by atoms with van der Waals surface area (Å²) in [5.41, 5.74) is 0. The first-order chi connectivity index (χ1) is 8.52. The molecule has 1 aromatic rings. The lowest BCUT2D eigenvalue weighted by Crippen LogP contribution is -2.29. The summed E-state index contributed by atoms with van der Waals surface area (Å²) in [6.07, 6.45) is 0. The lowest BCUT2D eigenvalue weighted by atomic mass is 9.99. The molecule has 0 radical (unpaired) electrons. The zero-order chi connectivity index (χ0) is 13.3. The number of furan rings is 1. The Morgan fingerprint density at radius 1 is 1.44 bits per heavy atom. The number of carbonyl (C=O) groups is 2. The predicted octanol–water partition coefficient (Wildman–Crippen LogP) is 1.92. The number of rotatable bonds is 2. The smallest absolute Gasteiger partial charge is 0.310 e. The van der Waals surface area contributed by atoms with Crippen molar-refractivity contribution >= 4 is 27.8 Å². The molecule has 1 fully saturated rings. The Morgan fingerprint density at radius 3 is 2.72 bits per heavy atom. The van der Waals surface area contributed by atoms with Crippen molar-refractivity contribution in [2.75, 3.05) is 20.2 Å². The highest BCUT2D eigenvalue weighted by atomic mass is 79.9. The van der Waals surface area contributed by atoms with E-state index in [4.69, 9.17) is 9.15 Å². The average Bonchev–Trinajstić information content (AvgIpc) is 2.94. The van der Waals surface area contributed by atoms with Crippen LogP contribution in [0.5, 0.6) is 0 Å². The van der Waals surface area contributed by atoms with E-state index in [2.05, 4.69) is 15.9 Å². The number of hydrogen-bond acceptors (Lipinski definition) is 4. The van der Waals surface area contributed by atoms with Crippen LogP contribution in [-0.4, -0.2) is 37.0 Å². The van der Waals surface area contributed by atoms with Crippen LogP contribution in [0.15, 0.2) is 21.2 Å². The molecule has 0 aliphatic carbocycles. The molecule has 1 aliphatic rings. The van der Waals surface area contributed by atoms with E-state index < -0.39 is 0 Å². The van der Waals surface area contributed by atoms with Crippen LogP contribution >= 0.6 is 15.9 Å². The van der Waals surface area contributed by atoms with Crippen molar-refractivity contribution in [3.05, 3.63) is 22.6 Å². The van der Waals surface area contributed by atoms with Crippen molar-refractivity contribution in [1.29, 1.82) is 0 Å². The van der Waals surface area contributed by atoms with Crippen molar-refractivity contribution in [2.45, 2.75) is 6.92 Å². The standard InChI is InChI=1S/C12H14BrNO4/c1-7-5-14(6-8(7)12(16)17-2)11(15)9-3-4-10(13)18-9/h3-4,7-8H,5-6H2,1-2H3. The van der Waals surface area contributed by atoms with E-state index >= 15 is 0 Å². The fourth-order valence-electron chi connectivity index (χ4n) is 2.18. The Morgan fingerprint density at radius 2 is 2.17 bits per heavy atom. The SMILES string of the molecule is COC(=O)C1CN(C(=O)c2ccc(Br)o2)CC1C. The van der Waals surface area contributed by atoms with Gasteiger partial charge in [-0.1, -0.05) is 6.92 Å². The molecule has 1 saturated heterocycles. The lowest BCUT2D eigenvalue weighted by molar-refractivity contribution is -0.146. The normalized spacial score (nSPS) is 23.2. The van der Waals surface area contributed by atoms with E-state index in [0.29, 0.717) is 17.8 Å². The zero-order valence-electron chi connectivity index (χ0n) is 10.2. The second kappa shape index (κ2) is 5.14. The fraction of sp³-hybridized carbons (Fsp3) is 0.500. The Hall–Kier alpha value is -1.30. The van der Waals surface area contributed by atoms with E-state index in [1.165, 1.54) is 7.11 Å². The molecule has 0 spiro atoms. The van der Waals surface area contributed by atoms with Crippen LogP contribution in [0.1, 0.15) is 17.5 Å². The fourth-order valence-corrected chi connectivity index (χ4v) is 2.48. The highest BCUT2D eigenvalue weighted by Gasteiger charge is 2.38. The number of methoxy groups -OCH3 is 1. The van der Waals surface area contributed by atoms with Gasteiger partial charge in [-0.25, -0.2) is 0 Å². The topological polar surface area (TPSA) is 59.8 Å². The number of amides is 1. The molecule has 0 N–H and O–H groups in total. The summed E-state index contributed by atoms with van der Waals surface area (Å²) in [6, 6.07) is 3.28. The number of carbonyl (C=O) groups excluding carboxylic acids is 2. The molecule has 2 atom stereocenters. The maximum atomic E-state index is 12.1. The Kier molecular flexibility index (Phi) is 3.75. The molecule has 98 valence electrons. The van der Waals surface area contributed by atoms with Gasteiger partial charge in [0.25, 0.3) is 5.91 Å². The van der Waals surface area contributed by atoms with Gasteiger partial charge < -0.3 is 14.1 Å². The molecule has 2 heterocycles. The number of esters is 1. The number of nitrogens with zero attached hydrogens (tertiary/aromatic N) is 1. The maximum absolute atomic E-state index is 12.1. The van der Waals surface area contributed by atoms with Gasteiger partial charge in [-0.15, -0.1) is 0 Å². The molecule has 5 nitrogen and oxygen atoms in total. The minimum Gasteiger partial charge on any atom is -0.469 e. The summed E-state index contributed by atoms with van der Waals surface area (Å²) in [7, 11) is 1.36. The molecular weight excluding hydrogens is 302 g/mol. The van der Waals surface area contributed by atoms with Crippen LogP contribution in [0, 0.1) is 11.8 Å². The van der Waals surface area contributed by atoms with Gasteiger partial charge in [-0.3, -0.25) is 9.59 Å². The molecule has 2 unspecified atom stereocenters. The van der Waals surface area contributed by atoms with Crippen LogP contribution in [0.25, 0.3) is 0 Å². The number of likely N-dealkylation sites (tertiary alicyclic amines) is 1. The Labute approximate surface area is 113 Å². The van der Waals surface area contributed by atoms with Gasteiger partial charge >= 0.3 is 5.97 Å². The minimum absolute atomic E-state index is 0.0970. The van der Waals surface area contributed by atoms with E-state index in [1.54, 1.807) is 17.0 Å². The molecule has 0 aromatic carbocycles. The molecule has 1 aliphatic heterocycles. The molecule has 6 heteroatoms. The Bertz CT molecular complexity index is 470. The monoisotopic (exact) mass is 315 g/mol. The molecular formula is C12H14BrNO4. The summed E-state index contributed by atoms with van der Waals surface area (Å²) in [5.74, 6) is -0.339. The van der Waals surface area contributed by atoms with Crippen molar-refractivity contribution in [2.24, 2.45) is 11.8 Å². The minimum atomic E-state index is -0.265. The molecule has 1 aromatic heterocycles. The van der Waals surface area contributed by atoms with Gasteiger partial charge in [0, 0.05) is 13.1 Å². The van der Waals surface area contributed by atoms with Crippen molar-refractivity contribution in [3.8, 4) is 0 Å². The van der Waals surface area contributed by atoms with Gasteiger partial charge in [0.2, 0.25) is 0 Å². The van der Waals surface area contributed by atoms with Gasteiger partial charge in [0.1, 0.15) is 0 Å². The molecule has 18 heavy (non-hydrogen) atoms. The first-order valence-electron chi connectivity index (χ1n) is 5.65. The van der Waals surface area contributed by atoms with E-state index in [1.807, 2.05) is 6.92 Å². The zero-order valence-corrected chi connectivity index (χ0v) is 11.8. The van der Waals surface area contributed by atoms with Crippen molar-refractivity contribution < 1.29 is 18.7 Å². The van der Waals surface area contributed by atoms with Crippen LogP contribution in [0.4, 0.5) is 0 Å². The number of ether oxygens (including phenoxy) is 1. The maximum Gasteiger partial charge on any atom is 0.310 e. The lowest BCUT2D eigenvalue weighted by Gasteiger charge is -2.14. The third-order valence-electron chi connectivity index (χ3n) is 3.19. The molecule has 0 bridgehead atoms. The summed E-state index contributed by atoms with van der Waals surface area (Å²) in [4.78, 5) is 25.3. The quantitative estimate of drug-likeness (QED) is 0.782. The van der Waals surface area contributed by atoms with Gasteiger partial charge in [0.05, 0.1) is 13.0 Å². The van der Waals surface area contributed by atoms with E-state index in [9.17, 15) is 9.59 Å². The largest absolute Gasteiger partial charge is 0.469 e. The first kappa shape index (κ1) is 13.1. The number of halogens is 1. The van der Waals surface area contributed by atoms with E-state index in [-0.39, 0.29) is 29.5 Å². The van der Waals surface area contributed by atoms with Crippen molar-refractivity contribution in [1.82, 2.24) is 4.90 Å². The summed E-state index contributed by atoms with van der Waals surface area (Å²) >= 11 is 3.16. The highest BCUT2D eigenvalue weighted by molar-refractivity contribution is 9.10. The van der Waals surface area contributed by atoms with Crippen LogP contribution in [-0.2, 0) is 9.53 Å². The van der Waals surface area contributed by atoms with E-state index in [0.717, 1.165) is 0 Å². The first-order valence-corrected chi connectivity index (χ1v) is 6.44. The summed E-state index contributed by atoms with van der Waals surface area (Å²) in [6.45, 7) is 2.86. The number of hydrogen-bond donors (Lipinski definition) is 0. The summed E-state index contributed by atoms with van der Waals surface area (Å²) < 4.78 is 10.5. The van der Waals surface area contributed by atoms with Gasteiger partial charge in [-0.05, 0) is 34.0 Å². The van der Waals surface area contributed by atoms with Crippen LogP contribution in [0.3, 0.4) is 0 Å². The molecule has 0 saturated carbocycles. The predicted molar refractivity (Wildman–Crippen MR) is 67.0 cm³/mol. The van der Waals surface area contributed by atoms with Crippen molar-refractivity contribution in [3.63, 3.8) is 0 Å². The highest BCUT2D eigenvalue weighted by Crippen LogP contribution is 2.26. The third kappa shape index (κ3) is 2.43. The average molecular weight is 316 g/mol. The van der Waals surface area contributed by atoms with Gasteiger partial charge in [0.15, 0.2) is 10.4 Å². The summed E-state index contributed by atoms with van der Waals surface area (Å²) in [5, 5.41) is 0. The van der Waals surface area contributed by atoms with Crippen LogP contribution < -0.4 is 0 Å². The molecule has 1 amide bonds. The Balaban J connectivity index is 2.08. The second-order valence-corrected chi connectivity index (χ2v) is 5.20. The second-order valence-electron chi connectivity index (χ2n) is 4.42. The third-order valence-corrected chi connectivity index (χ3v) is 3.61. The van der Waals surface area contributed by atoms with Crippen LogP contribution in [0.2, 0.25) is 0 Å². The molecule has 2 rings (SSSR count). The van der Waals surface area contributed by atoms with Gasteiger partial charge in [-0.2, -0.15) is 0 Å².